The predicted molar refractivity (Wildman–Crippen MR) is 56.9 cm³/mol. The highest BCUT2D eigenvalue weighted by Gasteiger charge is 2.32. The first-order valence-corrected chi connectivity index (χ1v) is 5.32. The van der Waals surface area contributed by atoms with E-state index in [2.05, 4.69) is 26.5 Å². The standard InChI is InChI=1S/C11H12N4O/c1-2-8(4-12-3-1)9-5-13-6-10(9)11-14-7-16-15-11/h1-4,7,9-10,13H,5-6H2/t9-,10+/m0/s1. The van der Waals surface area contributed by atoms with Crippen LogP contribution in [-0.4, -0.2) is 28.2 Å². The molecule has 0 aromatic carbocycles. The van der Waals surface area contributed by atoms with Gasteiger partial charge in [0.1, 0.15) is 0 Å². The number of rotatable bonds is 2. The summed E-state index contributed by atoms with van der Waals surface area (Å²) in [6.45, 7) is 1.82. The van der Waals surface area contributed by atoms with Crippen molar-refractivity contribution >= 4 is 0 Å². The zero-order valence-electron chi connectivity index (χ0n) is 8.71. The first-order valence-electron chi connectivity index (χ1n) is 5.32. The molecule has 2 atom stereocenters. The van der Waals surface area contributed by atoms with E-state index in [1.165, 1.54) is 12.0 Å². The van der Waals surface area contributed by atoms with Gasteiger partial charge in [0.15, 0.2) is 5.82 Å². The second-order valence-electron chi connectivity index (χ2n) is 3.95. The van der Waals surface area contributed by atoms with E-state index >= 15 is 0 Å². The summed E-state index contributed by atoms with van der Waals surface area (Å²) in [5, 5.41) is 7.29. The van der Waals surface area contributed by atoms with E-state index in [1.807, 2.05) is 12.3 Å². The fraction of sp³-hybridized carbons (Fsp3) is 0.364. The summed E-state index contributed by atoms with van der Waals surface area (Å²) >= 11 is 0. The monoisotopic (exact) mass is 216 g/mol. The minimum atomic E-state index is 0.281. The van der Waals surface area contributed by atoms with Crippen molar-refractivity contribution in [3.63, 3.8) is 0 Å². The van der Waals surface area contributed by atoms with Gasteiger partial charge < -0.3 is 9.84 Å². The Morgan fingerprint density at radius 3 is 3.00 bits per heavy atom. The lowest BCUT2D eigenvalue weighted by Crippen LogP contribution is -2.10. The van der Waals surface area contributed by atoms with Gasteiger partial charge >= 0.3 is 0 Å². The van der Waals surface area contributed by atoms with Crippen LogP contribution in [0.5, 0.6) is 0 Å². The van der Waals surface area contributed by atoms with Crippen molar-refractivity contribution in [2.24, 2.45) is 0 Å². The van der Waals surface area contributed by atoms with Crippen LogP contribution in [0.4, 0.5) is 0 Å². The number of hydrogen-bond donors (Lipinski definition) is 1. The maximum absolute atomic E-state index is 4.81. The Labute approximate surface area is 92.9 Å². The van der Waals surface area contributed by atoms with Crippen molar-refractivity contribution in [3.05, 3.63) is 42.3 Å². The summed E-state index contributed by atoms with van der Waals surface area (Å²) in [7, 11) is 0. The molecular weight excluding hydrogens is 204 g/mol. The molecular formula is C11H12N4O. The molecule has 82 valence electrons. The van der Waals surface area contributed by atoms with E-state index in [0.29, 0.717) is 5.92 Å². The zero-order valence-corrected chi connectivity index (χ0v) is 8.71. The molecule has 16 heavy (non-hydrogen) atoms. The van der Waals surface area contributed by atoms with Crippen LogP contribution in [0, 0.1) is 0 Å². The Balaban J connectivity index is 1.90. The lowest BCUT2D eigenvalue weighted by Gasteiger charge is -2.14. The van der Waals surface area contributed by atoms with E-state index in [1.54, 1.807) is 6.20 Å². The van der Waals surface area contributed by atoms with Crippen LogP contribution >= 0.6 is 0 Å². The summed E-state index contributed by atoms with van der Waals surface area (Å²) < 4.78 is 4.81. The molecule has 2 aromatic heterocycles. The molecule has 0 aliphatic carbocycles. The minimum Gasteiger partial charge on any atom is -0.343 e. The van der Waals surface area contributed by atoms with E-state index in [-0.39, 0.29) is 5.92 Å². The number of hydrogen-bond acceptors (Lipinski definition) is 5. The highest BCUT2D eigenvalue weighted by molar-refractivity contribution is 5.22. The molecule has 3 rings (SSSR count). The normalized spacial score (nSPS) is 24.8. The molecule has 0 bridgehead atoms. The van der Waals surface area contributed by atoms with Crippen LogP contribution in [0.2, 0.25) is 0 Å². The van der Waals surface area contributed by atoms with Crippen molar-refractivity contribution in [1.82, 2.24) is 20.4 Å². The molecule has 0 saturated carbocycles. The topological polar surface area (TPSA) is 63.8 Å². The largest absolute Gasteiger partial charge is 0.343 e. The van der Waals surface area contributed by atoms with Crippen molar-refractivity contribution in [3.8, 4) is 0 Å². The summed E-state index contributed by atoms with van der Waals surface area (Å²) in [4.78, 5) is 8.29. The Kier molecular flexibility index (Phi) is 2.38. The van der Waals surface area contributed by atoms with Gasteiger partial charge in [-0.25, -0.2) is 0 Å². The van der Waals surface area contributed by atoms with Gasteiger partial charge in [-0.1, -0.05) is 11.2 Å². The molecule has 0 radical (unpaired) electrons. The van der Waals surface area contributed by atoms with Crippen LogP contribution in [0.25, 0.3) is 0 Å². The number of nitrogens with zero attached hydrogens (tertiary/aromatic N) is 3. The van der Waals surface area contributed by atoms with E-state index < -0.39 is 0 Å². The predicted octanol–water partition coefficient (Wildman–Crippen LogP) is 0.935. The van der Waals surface area contributed by atoms with Gasteiger partial charge in [0.2, 0.25) is 6.39 Å². The third kappa shape index (κ3) is 1.59. The third-order valence-electron chi connectivity index (χ3n) is 3.04. The Hall–Kier alpha value is -1.75. The Morgan fingerprint density at radius 1 is 1.31 bits per heavy atom. The zero-order chi connectivity index (χ0) is 10.8. The number of pyridine rings is 1. The summed E-state index contributed by atoms with van der Waals surface area (Å²) in [6.07, 6.45) is 5.08. The van der Waals surface area contributed by atoms with Crippen molar-refractivity contribution in [2.75, 3.05) is 13.1 Å². The SMILES string of the molecule is c1cncc([C@@H]2CNC[C@H]2c2ncon2)c1. The molecule has 1 aliphatic rings. The number of aromatic nitrogens is 3. The molecule has 3 heterocycles. The quantitative estimate of drug-likeness (QED) is 0.809. The summed E-state index contributed by atoms with van der Waals surface area (Å²) in [6, 6.07) is 4.05. The van der Waals surface area contributed by atoms with Gasteiger partial charge in [-0.05, 0) is 11.6 Å². The van der Waals surface area contributed by atoms with Gasteiger partial charge in [-0.15, -0.1) is 0 Å². The van der Waals surface area contributed by atoms with Gasteiger partial charge in [-0.3, -0.25) is 4.98 Å². The molecule has 1 aliphatic heterocycles. The molecule has 1 fully saturated rings. The summed E-state index contributed by atoms with van der Waals surface area (Å²) in [5.41, 5.74) is 1.22. The average molecular weight is 216 g/mol. The lowest BCUT2D eigenvalue weighted by atomic mass is 9.89. The van der Waals surface area contributed by atoms with E-state index in [9.17, 15) is 0 Å². The summed E-state index contributed by atoms with van der Waals surface area (Å²) in [5.74, 6) is 1.44. The van der Waals surface area contributed by atoms with Crippen molar-refractivity contribution in [2.45, 2.75) is 11.8 Å². The van der Waals surface area contributed by atoms with Crippen molar-refractivity contribution in [1.29, 1.82) is 0 Å². The van der Waals surface area contributed by atoms with Crippen LogP contribution in [0.15, 0.2) is 35.4 Å². The Morgan fingerprint density at radius 2 is 2.25 bits per heavy atom. The fourth-order valence-electron chi connectivity index (χ4n) is 2.24. The molecule has 0 spiro atoms. The second-order valence-corrected chi connectivity index (χ2v) is 3.95. The molecule has 1 N–H and O–H groups in total. The number of nitrogens with one attached hydrogen (secondary N) is 1. The molecule has 1 saturated heterocycles. The first kappa shape index (κ1) is 9.47. The molecule has 2 aromatic rings. The van der Waals surface area contributed by atoms with Crippen molar-refractivity contribution < 1.29 is 4.52 Å². The Bertz CT molecular complexity index is 442. The van der Waals surface area contributed by atoms with Gasteiger partial charge in [-0.2, -0.15) is 4.98 Å². The first-order chi connectivity index (χ1) is 7.95. The van der Waals surface area contributed by atoms with Gasteiger partial charge in [0.25, 0.3) is 0 Å². The second kappa shape index (κ2) is 4.02. The lowest BCUT2D eigenvalue weighted by molar-refractivity contribution is 0.403. The van der Waals surface area contributed by atoms with E-state index in [0.717, 1.165) is 18.9 Å². The molecule has 0 amide bonds. The van der Waals surface area contributed by atoms with Crippen LogP contribution < -0.4 is 5.32 Å². The minimum absolute atomic E-state index is 0.281. The third-order valence-corrected chi connectivity index (χ3v) is 3.04. The maximum atomic E-state index is 4.81. The van der Waals surface area contributed by atoms with Gasteiger partial charge in [0.05, 0.1) is 0 Å². The molecule has 5 nitrogen and oxygen atoms in total. The molecule has 5 heteroatoms. The van der Waals surface area contributed by atoms with E-state index in [4.69, 9.17) is 4.52 Å². The van der Waals surface area contributed by atoms with Crippen LogP contribution in [-0.2, 0) is 0 Å². The highest BCUT2D eigenvalue weighted by Crippen LogP contribution is 2.33. The fourth-order valence-corrected chi connectivity index (χ4v) is 2.24. The smallest absolute Gasteiger partial charge is 0.213 e. The van der Waals surface area contributed by atoms with Crippen LogP contribution in [0.1, 0.15) is 23.2 Å². The van der Waals surface area contributed by atoms with Gasteiger partial charge in [0, 0.05) is 37.3 Å². The highest BCUT2D eigenvalue weighted by atomic mass is 16.5. The average Bonchev–Trinajstić information content (AvgIpc) is 3.01. The molecule has 0 unspecified atom stereocenters. The van der Waals surface area contributed by atoms with Crippen LogP contribution in [0.3, 0.4) is 0 Å². The maximum Gasteiger partial charge on any atom is 0.213 e.